The summed E-state index contributed by atoms with van der Waals surface area (Å²) in [5.41, 5.74) is 3.01. The third-order valence-corrected chi connectivity index (χ3v) is 6.04. The van der Waals surface area contributed by atoms with E-state index in [0.29, 0.717) is 0 Å². The zero-order chi connectivity index (χ0) is 19.3. The molecule has 0 aliphatic carbocycles. The summed E-state index contributed by atoms with van der Waals surface area (Å²) in [6.45, 7) is 4.39. The van der Waals surface area contributed by atoms with Gasteiger partial charge in [0.2, 0.25) is 0 Å². The number of hydrogen-bond acceptors (Lipinski definition) is 4. The summed E-state index contributed by atoms with van der Waals surface area (Å²) >= 11 is 1.68. The van der Waals surface area contributed by atoms with E-state index in [4.69, 9.17) is 9.72 Å². The summed E-state index contributed by atoms with van der Waals surface area (Å²) in [4.78, 5) is 20.8. The van der Waals surface area contributed by atoms with Crippen molar-refractivity contribution >= 4 is 17.2 Å². The second kappa shape index (κ2) is 8.54. The first-order valence-corrected chi connectivity index (χ1v) is 10.4. The number of amides is 1. The number of ether oxygens (including phenoxy) is 1. The minimum Gasteiger partial charge on any atom is -0.497 e. The highest BCUT2D eigenvalue weighted by molar-refractivity contribution is 7.13. The number of rotatable bonds is 5. The molecule has 0 atom stereocenters. The number of piperazine rings is 1. The minimum atomic E-state index is 0.134. The molecule has 2 heterocycles. The van der Waals surface area contributed by atoms with Crippen LogP contribution in [0.25, 0.3) is 10.6 Å². The van der Waals surface area contributed by atoms with Crippen molar-refractivity contribution in [1.29, 1.82) is 0 Å². The number of hydrogen-bond donors (Lipinski definition) is 1. The zero-order valence-corrected chi connectivity index (χ0v) is 16.7. The average Bonchev–Trinajstić information content (AvgIpc) is 3.23. The van der Waals surface area contributed by atoms with Crippen molar-refractivity contribution in [3.05, 3.63) is 71.2 Å². The molecule has 6 heteroatoms. The van der Waals surface area contributed by atoms with E-state index >= 15 is 0 Å². The van der Waals surface area contributed by atoms with Gasteiger partial charge in [0.05, 0.1) is 33.3 Å². The van der Waals surface area contributed by atoms with Crippen LogP contribution in [0.15, 0.2) is 60.0 Å². The highest BCUT2D eigenvalue weighted by Gasteiger charge is 2.25. The van der Waals surface area contributed by atoms with Crippen molar-refractivity contribution in [2.75, 3.05) is 33.3 Å². The van der Waals surface area contributed by atoms with Crippen LogP contribution in [0, 0.1) is 0 Å². The summed E-state index contributed by atoms with van der Waals surface area (Å²) in [6, 6.07) is 17.6. The Balaban J connectivity index is 1.32. The number of quaternary nitrogens is 1. The predicted molar refractivity (Wildman–Crippen MR) is 111 cm³/mol. The molecule has 0 spiro atoms. The topological polar surface area (TPSA) is 46.9 Å². The molecule has 1 aliphatic rings. The smallest absolute Gasteiger partial charge is 0.254 e. The van der Waals surface area contributed by atoms with Crippen LogP contribution in [0.5, 0.6) is 5.75 Å². The Hall–Kier alpha value is -2.70. The second-order valence-electron chi connectivity index (χ2n) is 6.96. The molecule has 1 saturated heterocycles. The first-order valence-electron chi connectivity index (χ1n) is 9.49. The molecule has 1 aliphatic heterocycles. The normalized spacial score (nSPS) is 14.8. The minimum absolute atomic E-state index is 0.134. The van der Waals surface area contributed by atoms with Crippen LogP contribution in [0.3, 0.4) is 0 Å². The fraction of sp³-hybridized carbons (Fsp3) is 0.273. The molecular formula is C22H24N3O2S+. The van der Waals surface area contributed by atoms with Crippen molar-refractivity contribution in [3.8, 4) is 16.3 Å². The van der Waals surface area contributed by atoms with Gasteiger partial charge in [0, 0.05) is 16.5 Å². The lowest BCUT2D eigenvalue weighted by molar-refractivity contribution is -0.917. The Morgan fingerprint density at radius 1 is 1.11 bits per heavy atom. The van der Waals surface area contributed by atoms with E-state index in [1.54, 1.807) is 18.4 Å². The van der Waals surface area contributed by atoms with Gasteiger partial charge in [-0.05, 0) is 36.4 Å². The molecule has 3 aromatic rings. The summed E-state index contributed by atoms with van der Waals surface area (Å²) < 4.78 is 5.22. The number of carbonyl (C=O) groups excluding carboxylic acids is 1. The average molecular weight is 395 g/mol. The summed E-state index contributed by atoms with van der Waals surface area (Å²) in [5.74, 6) is 0.989. The lowest BCUT2D eigenvalue weighted by atomic mass is 10.2. The highest BCUT2D eigenvalue weighted by Crippen LogP contribution is 2.25. The Kier molecular flexibility index (Phi) is 5.69. The molecule has 2 aromatic carbocycles. The van der Waals surface area contributed by atoms with Gasteiger partial charge in [0.25, 0.3) is 5.91 Å². The molecule has 28 heavy (non-hydrogen) atoms. The summed E-state index contributed by atoms with van der Waals surface area (Å²) in [6.07, 6.45) is 0. The van der Waals surface area contributed by atoms with Gasteiger partial charge >= 0.3 is 0 Å². The van der Waals surface area contributed by atoms with Crippen LogP contribution in [0.1, 0.15) is 16.1 Å². The summed E-state index contributed by atoms with van der Waals surface area (Å²) in [7, 11) is 1.67. The number of nitrogens with one attached hydrogen (secondary N) is 1. The van der Waals surface area contributed by atoms with Crippen LogP contribution in [0.2, 0.25) is 0 Å². The van der Waals surface area contributed by atoms with E-state index in [0.717, 1.165) is 60.3 Å². The molecule has 0 radical (unpaired) electrons. The summed E-state index contributed by atoms with van der Waals surface area (Å²) in [5, 5.41) is 3.18. The van der Waals surface area contributed by atoms with E-state index in [-0.39, 0.29) is 5.91 Å². The number of thiazole rings is 1. The van der Waals surface area contributed by atoms with E-state index < -0.39 is 0 Å². The van der Waals surface area contributed by atoms with E-state index in [1.165, 1.54) is 4.90 Å². The van der Waals surface area contributed by atoms with E-state index in [9.17, 15) is 4.79 Å². The van der Waals surface area contributed by atoms with Gasteiger partial charge in [-0.2, -0.15) is 0 Å². The lowest BCUT2D eigenvalue weighted by Crippen LogP contribution is -3.13. The number of aromatic nitrogens is 1. The monoisotopic (exact) mass is 394 g/mol. The van der Waals surface area contributed by atoms with Gasteiger partial charge in [-0.3, -0.25) is 4.79 Å². The van der Waals surface area contributed by atoms with Crippen LogP contribution in [-0.2, 0) is 6.54 Å². The maximum Gasteiger partial charge on any atom is 0.254 e. The van der Waals surface area contributed by atoms with Gasteiger partial charge in [0.1, 0.15) is 23.0 Å². The van der Waals surface area contributed by atoms with Crippen molar-refractivity contribution in [1.82, 2.24) is 9.88 Å². The molecule has 0 unspecified atom stereocenters. The molecule has 1 N–H and O–H groups in total. The lowest BCUT2D eigenvalue weighted by Gasteiger charge is -2.32. The van der Waals surface area contributed by atoms with Gasteiger partial charge in [-0.15, -0.1) is 11.3 Å². The molecule has 1 fully saturated rings. The Labute approximate surface area is 169 Å². The van der Waals surface area contributed by atoms with Crippen molar-refractivity contribution < 1.29 is 14.4 Å². The molecule has 0 bridgehead atoms. The van der Waals surface area contributed by atoms with E-state index in [1.807, 2.05) is 59.5 Å². The molecule has 1 aromatic heterocycles. The fourth-order valence-corrected chi connectivity index (χ4v) is 4.30. The first-order chi connectivity index (χ1) is 13.7. The Morgan fingerprint density at radius 2 is 1.82 bits per heavy atom. The Bertz CT molecular complexity index is 916. The van der Waals surface area contributed by atoms with Gasteiger partial charge in [-0.25, -0.2) is 4.98 Å². The standard InChI is InChI=1S/C22H23N3O2S/c1-27-20-9-7-17(8-10-20)21-23-19(16-28-21)15-24-11-13-25(14-12-24)22(26)18-5-3-2-4-6-18/h2-10,16H,11-15H2,1H3/p+1. The SMILES string of the molecule is COc1ccc(-c2nc(C[NH+]3CCN(C(=O)c4ccccc4)CC3)cs2)cc1. The molecule has 1 amide bonds. The number of methoxy groups -OCH3 is 1. The van der Waals surface area contributed by atoms with Gasteiger partial charge in [0.15, 0.2) is 0 Å². The third kappa shape index (κ3) is 4.24. The van der Waals surface area contributed by atoms with Crippen molar-refractivity contribution in [2.45, 2.75) is 6.54 Å². The molecular weight excluding hydrogens is 370 g/mol. The quantitative estimate of drug-likeness (QED) is 0.723. The van der Waals surface area contributed by atoms with E-state index in [2.05, 4.69) is 5.38 Å². The van der Waals surface area contributed by atoms with Crippen LogP contribution < -0.4 is 9.64 Å². The molecule has 4 rings (SSSR count). The number of nitrogens with zero attached hydrogens (tertiary/aromatic N) is 2. The molecule has 0 saturated carbocycles. The highest BCUT2D eigenvalue weighted by atomic mass is 32.1. The molecule has 5 nitrogen and oxygen atoms in total. The predicted octanol–water partition coefficient (Wildman–Crippen LogP) is 2.36. The van der Waals surface area contributed by atoms with Crippen LogP contribution in [0.4, 0.5) is 0 Å². The maximum atomic E-state index is 12.6. The van der Waals surface area contributed by atoms with Crippen LogP contribution in [-0.4, -0.2) is 49.1 Å². The number of carbonyl (C=O) groups is 1. The third-order valence-electron chi connectivity index (χ3n) is 5.10. The van der Waals surface area contributed by atoms with Crippen molar-refractivity contribution in [3.63, 3.8) is 0 Å². The first kappa shape index (κ1) is 18.7. The maximum absolute atomic E-state index is 12.6. The van der Waals surface area contributed by atoms with Crippen molar-refractivity contribution in [2.24, 2.45) is 0 Å². The molecule has 144 valence electrons. The fourth-order valence-electron chi connectivity index (χ4n) is 3.48. The van der Waals surface area contributed by atoms with Crippen LogP contribution >= 0.6 is 11.3 Å². The zero-order valence-electron chi connectivity index (χ0n) is 15.9. The Morgan fingerprint density at radius 3 is 2.50 bits per heavy atom. The largest absolute Gasteiger partial charge is 0.497 e. The van der Waals surface area contributed by atoms with Gasteiger partial charge in [-0.1, -0.05) is 18.2 Å². The number of benzene rings is 2. The van der Waals surface area contributed by atoms with Gasteiger partial charge < -0.3 is 14.5 Å². The second-order valence-corrected chi connectivity index (χ2v) is 7.82.